The molecule has 0 radical (unpaired) electrons. The SMILES string of the molecule is COC(C)(C)CCOC(=O)Nc1ccc(N)cc1. The van der Waals surface area contributed by atoms with Crippen molar-refractivity contribution < 1.29 is 14.3 Å². The first-order valence-corrected chi connectivity index (χ1v) is 5.77. The summed E-state index contributed by atoms with van der Waals surface area (Å²) < 4.78 is 10.3. The van der Waals surface area contributed by atoms with Crippen LogP contribution in [0.15, 0.2) is 24.3 Å². The molecule has 0 aliphatic heterocycles. The Bertz CT molecular complexity index is 388. The van der Waals surface area contributed by atoms with Crippen LogP contribution in [0.4, 0.5) is 16.2 Å². The summed E-state index contributed by atoms with van der Waals surface area (Å²) in [5.41, 5.74) is 6.55. The van der Waals surface area contributed by atoms with Gasteiger partial charge in [-0.1, -0.05) is 0 Å². The van der Waals surface area contributed by atoms with E-state index in [1.165, 1.54) is 0 Å². The van der Waals surface area contributed by atoms with Crippen molar-refractivity contribution in [3.8, 4) is 0 Å². The highest BCUT2D eigenvalue weighted by atomic mass is 16.5. The first-order valence-electron chi connectivity index (χ1n) is 5.77. The maximum Gasteiger partial charge on any atom is 0.411 e. The number of methoxy groups -OCH3 is 1. The van der Waals surface area contributed by atoms with Crippen molar-refractivity contribution in [1.82, 2.24) is 0 Å². The van der Waals surface area contributed by atoms with Gasteiger partial charge in [-0.2, -0.15) is 0 Å². The van der Waals surface area contributed by atoms with Crippen LogP contribution in [0.25, 0.3) is 0 Å². The standard InChI is InChI=1S/C13H20N2O3/c1-13(2,17-3)8-9-18-12(16)15-11-6-4-10(14)5-7-11/h4-7H,8-9,14H2,1-3H3,(H,15,16). The highest BCUT2D eigenvalue weighted by Crippen LogP contribution is 2.13. The van der Waals surface area contributed by atoms with Crippen molar-refractivity contribution in [2.24, 2.45) is 0 Å². The summed E-state index contributed by atoms with van der Waals surface area (Å²) in [6.07, 6.45) is 0.158. The molecule has 0 spiro atoms. The van der Waals surface area contributed by atoms with Crippen molar-refractivity contribution in [3.63, 3.8) is 0 Å². The molecule has 0 saturated heterocycles. The number of amides is 1. The maximum atomic E-state index is 11.5. The molecular formula is C13H20N2O3. The number of rotatable bonds is 5. The van der Waals surface area contributed by atoms with Gasteiger partial charge < -0.3 is 15.2 Å². The fraction of sp³-hybridized carbons (Fsp3) is 0.462. The second kappa shape index (κ2) is 6.26. The summed E-state index contributed by atoms with van der Waals surface area (Å²) in [7, 11) is 1.63. The molecular weight excluding hydrogens is 232 g/mol. The Hall–Kier alpha value is -1.75. The van der Waals surface area contributed by atoms with Crippen LogP contribution in [-0.4, -0.2) is 25.4 Å². The summed E-state index contributed by atoms with van der Waals surface area (Å²) >= 11 is 0. The van der Waals surface area contributed by atoms with E-state index in [-0.39, 0.29) is 5.60 Å². The number of nitrogens with one attached hydrogen (secondary N) is 1. The lowest BCUT2D eigenvalue weighted by molar-refractivity contribution is 0.00125. The predicted octanol–water partition coefficient (Wildman–Crippen LogP) is 2.63. The Morgan fingerprint density at radius 1 is 1.33 bits per heavy atom. The Balaban J connectivity index is 2.32. The van der Waals surface area contributed by atoms with E-state index in [4.69, 9.17) is 15.2 Å². The van der Waals surface area contributed by atoms with Crippen LogP contribution in [0.5, 0.6) is 0 Å². The van der Waals surface area contributed by atoms with Crippen LogP contribution in [0.1, 0.15) is 20.3 Å². The number of anilines is 2. The second-order valence-electron chi connectivity index (χ2n) is 4.60. The van der Waals surface area contributed by atoms with Crippen LogP contribution < -0.4 is 11.1 Å². The molecule has 0 fully saturated rings. The first kappa shape index (κ1) is 14.3. The van der Waals surface area contributed by atoms with Crippen molar-refractivity contribution >= 4 is 17.5 Å². The quantitative estimate of drug-likeness (QED) is 0.790. The third kappa shape index (κ3) is 5.05. The average molecular weight is 252 g/mol. The Morgan fingerprint density at radius 3 is 2.50 bits per heavy atom. The molecule has 0 bridgehead atoms. The molecule has 100 valence electrons. The lowest BCUT2D eigenvalue weighted by Crippen LogP contribution is -2.26. The Morgan fingerprint density at radius 2 is 1.94 bits per heavy atom. The van der Waals surface area contributed by atoms with Crippen LogP contribution in [-0.2, 0) is 9.47 Å². The fourth-order valence-corrected chi connectivity index (χ4v) is 1.21. The van der Waals surface area contributed by atoms with E-state index < -0.39 is 6.09 Å². The summed E-state index contributed by atoms with van der Waals surface area (Å²) in [5.74, 6) is 0. The molecule has 0 aromatic heterocycles. The lowest BCUT2D eigenvalue weighted by atomic mass is 10.1. The van der Waals surface area contributed by atoms with E-state index in [1.807, 2.05) is 13.8 Å². The minimum absolute atomic E-state index is 0.290. The van der Waals surface area contributed by atoms with Gasteiger partial charge in [-0.05, 0) is 38.1 Å². The van der Waals surface area contributed by atoms with Gasteiger partial charge in [-0.3, -0.25) is 5.32 Å². The number of nitrogens with two attached hydrogens (primary N) is 1. The zero-order valence-corrected chi connectivity index (χ0v) is 11.0. The van der Waals surface area contributed by atoms with Gasteiger partial charge in [0, 0.05) is 24.9 Å². The van der Waals surface area contributed by atoms with E-state index in [0.29, 0.717) is 24.4 Å². The smallest absolute Gasteiger partial charge is 0.411 e. The molecule has 3 N–H and O–H groups in total. The molecule has 5 nitrogen and oxygen atoms in total. The summed E-state index contributed by atoms with van der Waals surface area (Å²) in [6.45, 7) is 4.18. The van der Waals surface area contributed by atoms with E-state index in [1.54, 1.807) is 31.4 Å². The number of hydrogen-bond donors (Lipinski definition) is 2. The zero-order valence-electron chi connectivity index (χ0n) is 11.0. The molecule has 0 aliphatic carbocycles. The van der Waals surface area contributed by atoms with Gasteiger partial charge >= 0.3 is 6.09 Å². The van der Waals surface area contributed by atoms with E-state index in [0.717, 1.165) is 0 Å². The van der Waals surface area contributed by atoms with Gasteiger partial charge in [0.2, 0.25) is 0 Å². The normalized spacial score (nSPS) is 11.1. The number of carbonyl (C=O) groups is 1. The molecule has 1 aromatic carbocycles. The van der Waals surface area contributed by atoms with Crippen LogP contribution in [0, 0.1) is 0 Å². The van der Waals surface area contributed by atoms with Gasteiger partial charge in [0.05, 0.1) is 12.2 Å². The molecule has 5 heteroatoms. The van der Waals surface area contributed by atoms with Crippen molar-refractivity contribution in [2.45, 2.75) is 25.9 Å². The molecule has 0 atom stereocenters. The minimum atomic E-state index is -0.480. The number of carbonyl (C=O) groups excluding carboxylic acids is 1. The Kier molecular flexibility index (Phi) is 4.97. The summed E-state index contributed by atoms with van der Waals surface area (Å²) in [5, 5.41) is 2.62. The highest BCUT2D eigenvalue weighted by Gasteiger charge is 2.16. The van der Waals surface area contributed by atoms with Crippen LogP contribution >= 0.6 is 0 Å². The van der Waals surface area contributed by atoms with Gasteiger partial charge in [0.1, 0.15) is 0 Å². The first-order chi connectivity index (χ1) is 8.43. The van der Waals surface area contributed by atoms with E-state index in [9.17, 15) is 4.79 Å². The number of hydrogen-bond acceptors (Lipinski definition) is 4. The third-order valence-corrected chi connectivity index (χ3v) is 2.65. The van der Waals surface area contributed by atoms with Gasteiger partial charge in [-0.15, -0.1) is 0 Å². The van der Waals surface area contributed by atoms with Crippen molar-refractivity contribution in [2.75, 3.05) is 24.8 Å². The number of nitrogen functional groups attached to an aromatic ring is 1. The average Bonchev–Trinajstić information content (AvgIpc) is 2.32. The second-order valence-corrected chi connectivity index (χ2v) is 4.60. The van der Waals surface area contributed by atoms with E-state index >= 15 is 0 Å². The van der Waals surface area contributed by atoms with Gasteiger partial charge in [0.25, 0.3) is 0 Å². The molecule has 0 saturated carbocycles. The highest BCUT2D eigenvalue weighted by molar-refractivity contribution is 5.84. The molecule has 1 rings (SSSR count). The van der Waals surface area contributed by atoms with Crippen molar-refractivity contribution in [1.29, 1.82) is 0 Å². The van der Waals surface area contributed by atoms with Crippen LogP contribution in [0.3, 0.4) is 0 Å². The molecule has 0 aliphatic rings. The largest absolute Gasteiger partial charge is 0.449 e. The fourth-order valence-electron chi connectivity index (χ4n) is 1.21. The molecule has 0 heterocycles. The molecule has 0 unspecified atom stereocenters. The third-order valence-electron chi connectivity index (χ3n) is 2.65. The molecule has 1 aromatic rings. The van der Waals surface area contributed by atoms with E-state index in [2.05, 4.69) is 5.32 Å². The molecule has 18 heavy (non-hydrogen) atoms. The van der Waals surface area contributed by atoms with Crippen LogP contribution in [0.2, 0.25) is 0 Å². The summed E-state index contributed by atoms with van der Waals surface area (Å²) in [6, 6.07) is 6.86. The topological polar surface area (TPSA) is 73.6 Å². The lowest BCUT2D eigenvalue weighted by Gasteiger charge is -2.22. The van der Waals surface area contributed by atoms with Gasteiger partial charge in [0.15, 0.2) is 0 Å². The van der Waals surface area contributed by atoms with Crippen molar-refractivity contribution in [3.05, 3.63) is 24.3 Å². The number of ether oxygens (including phenoxy) is 2. The zero-order chi connectivity index (χ0) is 13.6. The molecule has 1 amide bonds. The minimum Gasteiger partial charge on any atom is -0.449 e. The monoisotopic (exact) mass is 252 g/mol. The maximum absolute atomic E-state index is 11.5. The number of benzene rings is 1. The van der Waals surface area contributed by atoms with Gasteiger partial charge in [-0.25, -0.2) is 4.79 Å². The summed E-state index contributed by atoms with van der Waals surface area (Å²) in [4.78, 5) is 11.5. The predicted molar refractivity (Wildman–Crippen MR) is 71.5 cm³/mol. The Labute approximate surface area is 107 Å².